The molecule has 0 atom stereocenters. The second kappa shape index (κ2) is 8.17. The lowest BCUT2D eigenvalue weighted by molar-refractivity contribution is -0.142. The molecule has 1 aliphatic carbocycles. The number of carbonyl (C=O) groups excluding carboxylic acids is 1. The number of nitrogens with zero attached hydrogens (tertiary/aromatic N) is 4. The zero-order chi connectivity index (χ0) is 19.4. The van der Waals surface area contributed by atoms with Gasteiger partial charge >= 0.3 is 5.97 Å². The number of hydrogen-bond donors (Lipinski definition) is 1. The predicted molar refractivity (Wildman–Crippen MR) is 103 cm³/mol. The number of tetrazole rings is 1. The third-order valence-electron chi connectivity index (χ3n) is 5.55. The quantitative estimate of drug-likeness (QED) is 0.787. The molecule has 0 unspecified atom stereocenters. The van der Waals surface area contributed by atoms with E-state index in [2.05, 4.69) is 53.7 Å². The first-order valence-electron chi connectivity index (χ1n) is 9.73. The highest BCUT2D eigenvalue weighted by molar-refractivity contribution is 5.71. The van der Waals surface area contributed by atoms with Gasteiger partial charge in [-0.2, -0.15) is 4.68 Å². The summed E-state index contributed by atoms with van der Waals surface area (Å²) in [6.07, 6.45) is 3.91. The van der Waals surface area contributed by atoms with Gasteiger partial charge in [0.25, 0.3) is 0 Å². The number of rotatable bonds is 6. The van der Waals surface area contributed by atoms with Gasteiger partial charge in [-0.25, -0.2) is 0 Å². The van der Waals surface area contributed by atoms with Crippen LogP contribution in [0.15, 0.2) is 18.2 Å². The summed E-state index contributed by atoms with van der Waals surface area (Å²) in [4.78, 5) is 12.0. The van der Waals surface area contributed by atoms with Gasteiger partial charge in [0.15, 0.2) is 5.82 Å². The fourth-order valence-corrected chi connectivity index (χ4v) is 3.96. The Morgan fingerprint density at radius 1 is 1.30 bits per heavy atom. The highest BCUT2D eigenvalue weighted by atomic mass is 16.5. The largest absolute Gasteiger partial charge is 0.465 e. The van der Waals surface area contributed by atoms with E-state index >= 15 is 0 Å². The number of hydrogen-bond acceptors (Lipinski definition) is 6. The van der Waals surface area contributed by atoms with Crippen molar-refractivity contribution in [1.29, 1.82) is 0 Å². The van der Waals surface area contributed by atoms with Gasteiger partial charge in [0.1, 0.15) is 0 Å². The Morgan fingerprint density at radius 3 is 2.59 bits per heavy atom. The highest BCUT2D eigenvalue weighted by Gasteiger charge is 2.41. The molecular formula is C20H29N5O2. The topological polar surface area (TPSA) is 81.9 Å². The molecule has 1 aromatic carbocycles. The van der Waals surface area contributed by atoms with Crippen LogP contribution in [0.5, 0.6) is 0 Å². The molecule has 7 heteroatoms. The van der Waals surface area contributed by atoms with Crippen LogP contribution in [0.4, 0.5) is 0 Å². The van der Waals surface area contributed by atoms with Crippen molar-refractivity contribution in [2.75, 3.05) is 13.2 Å². The number of nitrogens with one attached hydrogen (secondary N) is 1. The summed E-state index contributed by atoms with van der Waals surface area (Å²) < 4.78 is 6.96. The third kappa shape index (κ3) is 4.03. The first-order valence-corrected chi connectivity index (χ1v) is 9.73. The van der Waals surface area contributed by atoms with Gasteiger partial charge in [-0.15, -0.1) is 5.10 Å². The molecule has 1 saturated carbocycles. The van der Waals surface area contributed by atoms with Crippen molar-refractivity contribution in [3.8, 4) is 5.69 Å². The van der Waals surface area contributed by atoms with E-state index in [1.807, 2.05) is 17.7 Å². The Kier molecular flexibility index (Phi) is 5.89. The van der Waals surface area contributed by atoms with Crippen LogP contribution in [0, 0.1) is 19.8 Å². The maximum atomic E-state index is 12.0. The van der Waals surface area contributed by atoms with Crippen LogP contribution in [-0.2, 0) is 15.1 Å². The Bertz CT molecular complexity index is 773. The van der Waals surface area contributed by atoms with Crippen molar-refractivity contribution in [2.45, 2.75) is 58.9 Å². The van der Waals surface area contributed by atoms with Crippen LogP contribution in [0.2, 0.25) is 0 Å². The summed E-state index contributed by atoms with van der Waals surface area (Å²) in [7, 11) is 0. The molecule has 1 heterocycles. The maximum absolute atomic E-state index is 12.0. The number of para-hydroxylation sites is 1. The van der Waals surface area contributed by atoms with E-state index in [4.69, 9.17) is 4.74 Å². The molecule has 1 fully saturated rings. The summed E-state index contributed by atoms with van der Waals surface area (Å²) in [5.41, 5.74) is 2.81. The van der Waals surface area contributed by atoms with Gasteiger partial charge in [0, 0.05) is 0 Å². The number of esters is 1. The van der Waals surface area contributed by atoms with E-state index in [9.17, 15) is 4.79 Å². The molecule has 146 valence electrons. The second-order valence-corrected chi connectivity index (χ2v) is 7.58. The molecule has 0 amide bonds. The average molecular weight is 371 g/mol. The van der Waals surface area contributed by atoms with Crippen molar-refractivity contribution in [3.63, 3.8) is 0 Å². The van der Waals surface area contributed by atoms with E-state index in [0.717, 1.165) is 48.3 Å². The van der Waals surface area contributed by atoms with Gasteiger partial charge in [-0.3, -0.25) is 10.1 Å². The predicted octanol–water partition coefficient (Wildman–Crippen LogP) is 2.84. The normalized spacial score (nSPS) is 22.6. The lowest BCUT2D eigenvalue weighted by atomic mass is 9.76. The highest BCUT2D eigenvalue weighted by Crippen LogP contribution is 2.39. The molecule has 0 radical (unpaired) electrons. The first kappa shape index (κ1) is 19.5. The fourth-order valence-electron chi connectivity index (χ4n) is 3.96. The van der Waals surface area contributed by atoms with E-state index in [-0.39, 0.29) is 12.5 Å². The molecule has 0 saturated heterocycles. The smallest absolute Gasteiger partial charge is 0.319 e. The van der Waals surface area contributed by atoms with Crippen LogP contribution >= 0.6 is 0 Å². The summed E-state index contributed by atoms with van der Waals surface area (Å²) in [6.45, 7) is 8.75. The maximum Gasteiger partial charge on any atom is 0.319 e. The van der Waals surface area contributed by atoms with Crippen molar-refractivity contribution in [3.05, 3.63) is 35.2 Å². The summed E-state index contributed by atoms with van der Waals surface area (Å²) in [5, 5.41) is 16.2. The Balaban J connectivity index is 1.99. The molecule has 1 aliphatic rings. The molecule has 1 aromatic heterocycles. The van der Waals surface area contributed by atoms with Gasteiger partial charge < -0.3 is 4.74 Å². The summed E-state index contributed by atoms with van der Waals surface area (Å²) in [5.74, 6) is 1.18. The summed E-state index contributed by atoms with van der Waals surface area (Å²) in [6, 6.07) is 6.17. The SMILES string of the molecule is CCOC(=O)CNC1(c2nnnn2-c2c(C)cccc2C)CCC(C)CC1. The number of ether oxygens (including phenoxy) is 1. The monoisotopic (exact) mass is 371 g/mol. The number of carbonyl (C=O) groups is 1. The minimum absolute atomic E-state index is 0.155. The molecule has 0 aliphatic heterocycles. The molecule has 3 rings (SSSR count). The molecule has 1 N–H and O–H groups in total. The van der Waals surface area contributed by atoms with Crippen molar-refractivity contribution < 1.29 is 9.53 Å². The number of aromatic nitrogens is 4. The third-order valence-corrected chi connectivity index (χ3v) is 5.55. The first-order chi connectivity index (χ1) is 13.0. The molecule has 7 nitrogen and oxygen atoms in total. The van der Waals surface area contributed by atoms with Gasteiger partial charge in [-0.05, 0) is 73.9 Å². The molecule has 0 spiro atoms. The van der Waals surface area contributed by atoms with Crippen molar-refractivity contribution >= 4 is 5.97 Å². The summed E-state index contributed by atoms with van der Waals surface area (Å²) >= 11 is 0. The Hall–Kier alpha value is -2.28. The standard InChI is InChI=1S/C20H29N5O2/c1-5-27-17(26)13-21-20(11-9-14(2)10-12-20)19-22-23-24-25(19)18-15(3)7-6-8-16(18)4/h6-8,14,21H,5,9-13H2,1-4H3. The second-order valence-electron chi connectivity index (χ2n) is 7.58. The van der Waals surface area contributed by atoms with Crippen LogP contribution in [0.3, 0.4) is 0 Å². The van der Waals surface area contributed by atoms with Gasteiger partial charge in [0.05, 0.1) is 24.4 Å². The minimum atomic E-state index is -0.433. The zero-order valence-corrected chi connectivity index (χ0v) is 16.7. The molecule has 27 heavy (non-hydrogen) atoms. The van der Waals surface area contributed by atoms with E-state index in [1.54, 1.807) is 0 Å². The van der Waals surface area contributed by atoms with Gasteiger partial charge in [0.2, 0.25) is 0 Å². The number of aryl methyl sites for hydroxylation is 2. The molecular weight excluding hydrogens is 342 g/mol. The van der Waals surface area contributed by atoms with Crippen molar-refractivity contribution in [2.24, 2.45) is 5.92 Å². The lowest BCUT2D eigenvalue weighted by Crippen LogP contribution is -2.49. The minimum Gasteiger partial charge on any atom is -0.465 e. The van der Waals surface area contributed by atoms with Crippen molar-refractivity contribution in [1.82, 2.24) is 25.5 Å². The fraction of sp³-hybridized carbons (Fsp3) is 0.600. The lowest BCUT2D eigenvalue weighted by Gasteiger charge is -2.39. The van der Waals surface area contributed by atoms with Crippen LogP contribution in [-0.4, -0.2) is 39.3 Å². The van der Waals surface area contributed by atoms with Gasteiger partial charge in [-0.1, -0.05) is 25.1 Å². The van der Waals surface area contributed by atoms with Crippen LogP contribution < -0.4 is 5.32 Å². The zero-order valence-electron chi connectivity index (χ0n) is 16.7. The number of benzene rings is 1. The van der Waals surface area contributed by atoms with E-state index < -0.39 is 5.54 Å². The molecule has 2 aromatic rings. The Morgan fingerprint density at radius 2 is 1.96 bits per heavy atom. The van der Waals surface area contributed by atoms with Crippen LogP contribution in [0.25, 0.3) is 5.69 Å². The van der Waals surface area contributed by atoms with E-state index in [0.29, 0.717) is 12.5 Å². The van der Waals surface area contributed by atoms with Crippen LogP contribution in [0.1, 0.15) is 56.5 Å². The molecule has 0 bridgehead atoms. The average Bonchev–Trinajstić information content (AvgIpc) is 3.12. The Labute approximate surface area is 160 Å². The van der Waals surface area contributed by atoms with E-state index in [1.165, 1.54) is 0 Å².